The Morgan fingerprint density at radius 2 is 1.84 bits per heavy atom. The number of nitrogens with zero attached hydrogens (tertiary/aromatic N) is 3. The van der Waals surface area contributed by atoms with Gasteiger partial charge in [-0.15, -0.1) is 0 Å². The van der Waals surface area contributed by atoms with Gasteiger partial charge in [0.15, 0.2) is 0 Å². The molecule has 1 unspecified atom stereocenters. The lowest BCUT2D eigenvalue weighted by molar-refractivity contribution is 0.472. The fourth-order valence-electron chi connectivity index (χ4n) is 3.72. The van der Waals surface area contributed by atoms with E-state index in [4.69, 9.17) is 0 Å². The molecule has 31 heavy (non-hydrogen) atoms. The zero-order valence-electron chi connectivity index (χ0n) is 17.3. The van der Waals surface area contributed by atoms with Crippen LogP contribution in [0.3, 0.4) is 0 Å². The molecule has 156 valence electrons. The van der Waals surface area contributed by atoms with Crippen molar-refractivity contribution in [3.05, 3.63) is 86.1 Å². The first-order valence-electron chi connectivity index (χ1n) is 9.69. The van der Waals surface area contributed by atoms with E-state index in [1.54, 1.807) is 42.9 Å². The van der Waals surface area contributed by atoms with Crippen molar-refractivity contribution in [2.24, 2.45) is 7.05 Å². The van der Waals surface area contributed by atoms with Crippen LogP contribution in [-0.2, 0) is 7.05 Å². The van der Waals surface area contributed by atoms with E-state index in [9.17, 15) is 20.0 Å². The van der Waals surface area contributed by atoms with Gasteiger partial charge in [-0.1, -0.05) is 29.8 Å². The van der Waals surface area contributed by atoms with Gasteiger partial charge in [0.2, 0.25) is 0 Å². The van der Waals surface area contributed by atoms with Crippen LogP contribution < -0.4 is 16.4 Å². The van der Waals surface area contributed by atoms with E-state index in [0.29, 0.717) is 22.3 Å². The molecule has 2 aromatic heterocycles. The monoisotopic (exact) mass is 415 g/mol. The van der Waals surface area contributed by atoms with Crippen LogP contribution >= 0.6 is 0 Å². The number of anilines is 1. The van der Waals surface area contributed by atoms with Crippen LogP contribution in [0.2, 0.25) is 0 Å². The Hall–Kier alpha value is -4.25. The van der Waals surface area contributed by atoms with E-state index in [1.165, 1.54) is 4.68 Å². The SMILES string of the molecule is Cc1ccc2[nH]c(=O)c(C(C#N)Nc3c(C)n(C)n(-c4ccccc4)c3=O)c(O)c2c1. The van der Waals surface area contributed by atoms with Gasteiger partial charge in [0.25, 0.3) is 11.1 Å². The summed E-state index contributed by atoms with van der Waals surface area (Å²) >= 11 is 0. The number of pyridine rings is 1. The Kier molecular flexibility index (Phi) is 4.87. The molecule has 0 spiro atoms. The molecule has 2 aromatic carbocycles. The summed E-state index contributed by atoms with van der Waals surface area (Å²) in [5.74, 6) is -0.279. The second kappa shape index (κ2) is 7.54. The van der Waals surface area contributed by atoms with Crippen molar-refractivity contribution < 1.29 is 5.11 Å². The van der Waals surface area contributed by atoms with Gasteiger partial charge in [0, 0.05) is 12.4 Å². The van der Waals surface area contributed by atoms with Gasteiger partial charge in [-0.2, -0.15) is 5.26 Å². The highest BCUT2D eigenvalue weighted by Crippen LogP contribution is 2.31. The Bertz CT molecular complexity index is 1460. The van der Waals surface area contributed by atoms with Gasteiger partial charge in [-0.05, 0) is 38.1 Å². The molecule has 0 saturated heterocycles. The van der Waals surface area contributed by atoms with Crippen molar-refractivity contribution in [3.8, 4) is 17.5 Å². The zero-order valence-corrected chi connectivity index (χ0v) is 17.3. The number of nitriles is 1. The highest BCUT2D eigenvalue weighted by molar-refractivity contribution is 5.86. The van der Waals surface area contributed by atoms with Gasteiger partial charge < -0.3 is 15.4 Å². The number of benzene rings is 2. The largest absolute Gasteiger partial charge is 0.507 e. The molecule has 0 saturated carbocycles. The van der Waals surface area contributed by atoms with Crippen molar-refractivity contribution >= 4 is 16.6 Å². The van der Waals surface area contributed by atoms with Crippen LogP contribution in [0.15, 0.2) is 58.1 Å². The van der Waals surface area contributed by atoms with Crippen molar-refractivity contribution in [1.29, 1.82) is 5.26 Å². The summed E-state index contributed by atoms with van der Waals surface area (Å²) in [6.45, 7) is 3.61. The molecule has 8 heteroatoms. The number of para-hydroxylation sites is 1. The minimum absolute atomic E-state index is 0.130. The normalized spacial score (nSPS) is 11.9. The third-order valence-corrected chi connectivity index (χ3v) is 5.44. The molecule has 0 aliphatic rings. The van der Waals surface area contributed by atoms with E-state index in [0.717, 1.165) is 5.56 Å². The number of aromatic hydroxyl groups is 1. The predicted molar refractivity (Wildman–Crippen MR) is 119 cm³/mol. The Balaban J connectivity index is 1.85. The van der Waals surface area contributed by atoms with Crippen molar-refractivity contribution in [3.63, 3.8) is 0 Å². The number of nitrogens with one attached hydrogen (secondary N) is 2. The molecule has 0 radical (unpaired) electrons. The van der Waals surface area contributed by atoms with E-state index in [2.05, 4.69) is 10.3 Å². The summed E-state index contributed by atoms with van der Waals surface area (Å²) < 4.78 is 3.14. The quantitative estimate of drug-likeness (QED) is 0.474. The molecule has 4 rings (SSSR count). The third-order valence-electron chi connectivity index (χ3n) is 5.44. The Labute approximate surface area is 177 Å². The second-order valence-electron chi connectivity index (χ2n) is 7.41. The predicted octanol–water partition coefficient (Wildman–Crippen LogP) is 3.02. The number of aryl methyl sites for hydroxylation is 1. The van der Waals surface area contributed by atoms with E-state index >= 15 is 0 Å². The van der Waals surface area contributed by atoms with Gasteiger partial charge in [-0.25, -0.2) is 4.68 Å². The van der Waals surface area contributed by atoms with Gasteiger partial charge >= 0.3 is 0 Å². The van der Waals surface area contributed by atoms with Crippen LogP contribution in [0.5, 0.6) is 5.75 Å². The maximum atomic E-state index is 13.1. The maximum Gasteiger partial charge on any atom is 0.295 e. The minimum Gasteiger partial charge on any atom is -0.507 e. The molecule has 2 heterocycles. The van der Waals surface area contributed by atoms with Gasteiger partial charge in [-0.3, -0.25) is 14.3 Å². The van der Waals surface area contributed by atoms with Gasteiger partial charge in [0.1, 0.15) is 17.5 Å². The average molecular weight is 415 g/mol. The first kappa shape index (κ1) is 20.0. The highest BCUT2D eigenvalue weighted by atomic mass is 16.3. The van der Waals surface area contributed by atoms with Crippen LogP contribution in [0.25, 0.3) is 16.6 Å². The topological polar surface area (TPSA) is 116 Å². The van der Waals surface area contributed by atoms with E-state index in [-0.39, 0.29) is 22.6 Å². The third kappa shape index (κ3) is 3.26. The maximum absolute atomic E-state index is 13.1. The molecular formula is C23H21N5O3. The van der Waals surface area contributed by atoms with Crippen molar-refractivity contribution in [1.82, 2.24) is 14.3 Å². The Morgan fingerprint density at radius 1 is 1.13 bits per heavy atom. The second-order valence-corrected chi connectivity index (χ2v) is 7.41. The van der Waals surface area contributed by atoms with Crippen molar-refractivity contribution in [2.75, 3.05) is 5.32 Å². The average Bonchev–Trinajstić information content (AvgIpc) is 2.97. The summed E-state index contributed by atoms with van der Waals surface area (Å²) in [5, 5.41) is 23.9. The lowest BCUT2D eigenvalue weighted by Gasteiger charge is -2.14. The Morgan fingerprint density at radius 3 is 2.52 bits per heavy atom. The first-order valence-corrected chi connectivity index (χ1v) is 9.69. The molecule has 0 aliphatic heterocycles. The van der Waals surface area contributed by atoms with E-state index in [1.807, 2.05) is 37.3 Å². The molecule has 0 aliphatic carbocycles. The summed E-state index contributed by atoms with van der Waals surface area (Å²) in [6, 6.07) is 15.1. The lowest BCUT2D eigenvalue weighted by Crippen LogP contribution is -2.25. The van der Waals surface area contributed by atoms with Crippen LogP contribution in [0, 0.1) is 25.2 Å². The number of rotatable bonds is 4. The highest BCUT2D eigenvalue weighted by Gasteiger charge is 2.25. The van der Waals surface area contributed by atoms with Crippen LogP contribution in [0.4, 0.5) is 5.69 Å². The minimum atomic E-state index is -1.23. The molecule has 1 atom stereocenters. The summed E-state index contributed by atoms with van der Waals surface area (Å²) in [4.78, 5) is 28.5. The standard InChI is InChI=1S/C23H21N5O3/c1-13-9-10-17-16(11-13)21(29)19(22(30)26-17)18(12-24)25-20-14(2)27(3)28(23(20)31)15-7-5-4-6-8-15/h4-11,18,25H,1-3H3,(H2,26,29,30). The molecule has 0 amide bonds. The number of H-pyrrole nitrogens is 1. The molecular weight excluding hydrogens is 394 g/mol. The number of hydrogen-bond donors (Lipinski definition) is 3. The number of aromatic amines is 1. The van der Waals surface area contributed by atoms with Crippen LogP contribution in [-0.4, -0.2) is 19.5 Å². The fourth-order valence-corrected chi connectivity index (χ4v) is 3.72. The summed E-state index contributed by atoms with van der Waals surface area (Å²) in [6.07, 6.45) is 0. The smallest absolute Gasteiger partial charge is 0.295 e. The summed E-state index contributed by atoms with van der Waals surface area (Å²) in [7, 11) is 1.74. The lowest BCUT2D eigenvalue weighted by atomic mass is 10.0. The van der Waals surface area contributed by atoms with Crippen LogP contribution in [0.1, 0.15) is 22.9 Å². The van der Waals surface area contributed by atoms with Crippen molar-refractivity contribution in [2.45, 2.75) is 19.9 Å². The van der Waals surface area contributed by atoms with Gasteiger partial charge in [0.05, 0.1) is 28.5 Å². The molecule has 0 fully saturated rings. The molecule has 8 nitrogen and oxygen atoms in total. The fraction of sp³-hybridized carbons (Fsp3) is 0.174. The number of fused-ring (bicyclic) bond motifs is 1. The number of aromatic nitrogens is 3. The summed E-state index contributed by atoms with van der Waals surface area (Å²) in [5.41, 5.74) is 1.71. The number of hydrogen-bond acceptors (Lipinski definition) is 5. The first-order chi connectivity index (χ1) is 14.8. The molecule has 3 N–H and O–H groups in total. The molecule has 0 bridgehead atoms. The molecule has 4 aromatic rings. The zero-order chi connectivity index (χ0) is 22.3. The van der Waals surface area contributed by atoms with E-state index < -0.39 is 11.6 Å².